The lowest BCUT2D eigenvalue weighted by atomic mass is 9.91. The van der Waals surface area contributed by atoms with Crippen LogP contribution in [0.25, 0.3) is 27.3 Å². The number of benzene rings is 2. The second-order valence-corrected chi connectivity index (χ2v) is 7.05. The minimum atomic E-state index is 0.527. The molecule has 0 saturated heterocycles. The fourth-order valence-corrected chi connectivity index (χ4v) is 4.05. The summed E-state index contributed by atoms with van der Waals surface area (Å²) in [5.41, 5.74) is 6.56. The highest BCUT2D eigenvalue weighted by Gasteiger charge is 2.21. The lowest BCUT2D eigenvalue weighted by Gasteiger charge is -2.21. The van der Waals surface area contributed by atoms with Crippen LogP contribution in [0.15, 0.2) is 36.5 Å². The van der Waals surface area contributed by atoms with E-state index in [2.05, 4.69) is 48.6 Å². The van der Waals surface area contributed by atoms with E-state index in [9.17, 15) is 0 Å². The summed E-state index contributed by atoms with van der Waals surface area (Å²) in [7, 11) is 1.72. The average Bonchev–Trinajstić information content (AvgIpc) is 3.05. The molecule has 0 unspecified atom stereocenters. The van der Waals surface area contributed by atoms with Crippen molar-refractivity contribution >= 4 is 27.3 Å². The molecule has 3 nitrogen and oxygen atoms in total. The van der Waals surface area contributed by atoms with Crippen molar-refractivity contribution in [3.63, 3.8) is 0 Å². The van der Waals surface area contributed by atoms with Crippen molar-refractivity contribution in [1.82, 2.24) is 9.38 Å². The number of pyridine rings is 1. The SMILES string of the molecule is COc1ccc2c(c1)c1ncc3n1c1c(cc(C(C)C)cc21)CC3. The number of methoxy groups -OCH3 is 1. The van der Waals surface area contributed by atoms with Gasteiger partial charge in [0.15, 0.2) is 0 Å². The molecule has 3 heteroatoms. The van der Waals surface area contributed by atoms with E-state index in [4.69, 9.17) is 9.72 Å². The van der Waals surface area contributed by atoms with E-state index in [1.807, 2.05) is 6.20 Å². The molecule has 2 aromatic carbocycles. The maximum Gasteiger partial charge on any atom is 0.145 e. The number of aromatic nitrogens is 2. The van der Waals surface area contributed by atoms with Crippen molar-refractivity contribution in [2.45, 2.75) is 32.6 Å². The number of ether oxygens (including phenoxy) is 1. The second kappa shape index (κ2) is 4.73. The van der Waals surface area contributed by atoms with E-state index in [1.54, 1.807) is 7.11 Å². The summed E-state index contributed by atoms with van der Waals surface area (Å²) < 4.78 is 7.81. The predicted octanol–water partition coefficient (Wildman–Crippen LogP) is 4.87. The summed E-state index contributed by atoms with van der Waals surface area (Å²) in [6, 6.07) is 11.1. The molecule has 0 radical (unpaired) electrons. The topological polar surface area (TPSA) is 26.5 Å². The molecule has 0 N–H and O–H groups in total. The number of fused-ring (bicyclic) bond motifs is 3. The van der Waals surface area contributed by atoms with Gasteiger partial charge in [0.25, 0.3) is 0 Å². The van der Waals surface area contributed by atoms with Crippen molar-refractivity contribution in [2.24, 2.45) is 0 Å². The third-order valence-electron chi connectivity index (χ3n) is 5.34. The van der Waals surface area contributed by atoms with Gasteiger partial charge in [-0.05, 0) is 59.5 Å². The molecule has 5 rings (SSSR count). The number of aryl methyl sites for hydroxylation is 2. The third-order valence-corrected chi connectivity index (χ3v) is 5.34. The van der Waals surface area contributed by atoms with Crippen LogP contribution < -0.4 is 4.74 Å². The molecule has 4 aromatic rings. The fourth-order valence-electron chi connectivity index (χ4n) is 4.05. The van der Waals surface area contributed by atoms with Crippen molar-refractivity contribution in [1.29, 1.82) is 0 Å². The number of hydrogen-bond donors (Lipinski definition) is 0. The van der Waals surface area contributed by atoms with Crippen LogP contribution in [0, 0.1) is 0 Å². The fraction of sp³-hybridized carbons (Fsp3) is 0.286. The highest BCUT2D eigenvalue weighted by molar-refractivity contribution is 6.13. The highest BCUT2D eigenvalue weighted by atomic mass is 16.5. The maximum atomic E-state index is 5.45. The Labute approximate surface area is 140 Å². The molecule has 0 spiro atoms. The Balaban J connectivity index is 2.07. The van der Waals surface area contributed by atoms with Crippen LogP contribution in [0.5, 0.6) is 5.75 Å². The molecule has 3 heterocycles. The highest BCUT2D eigenvalue weighted by Crippen LogP contribution is 2.38. The molecule has 0 atom stereocenters. The van der Waals surface area contributed by atoms with Gasteiger partial charge < -0.3 is 4.74 Å². The van der Waals surface area contributed by atoms with E-state index in [-0.39, 0.29) is 0 Å². The van der Waals surface area contributed by atoms with Gasteiger partial charge in [-0.2, -0.15) is 0 Å². The Bertz CT molecular complexity index is 1120. The van der Waals surface area contributed by atoms with Crippen LogP contribution >= 0.6 is 0 Å². The van der Waals surface area contributed by atoms with Crippen LogP contribution in [0.1, 0.15) is 36.6 Å². The Morgan fingerprint density at radius 1 is 1.04 bits per heavy atom. The lowest BCUT2D eigenvalue weighted by Crippen LogP contribution is -2.08. The number of hydrogen-bond acceptors (Lipinski definition) is 2. The molecule has 1 aliphatic rings. The molecule has 0 aliphatic carbocycles. The largest absolute Gasteiger partial charge is 0.497 e. The quantitative estimate of drug-likeness (QED) is 0.493. The van der Waals surface area contributed by atoms with E-state index in [1.165, 1.54) is 38.5 Å². The molecule has 24 heavy (non-hydrogen) atoms. The van der Waals surface area contributed by atoms with E-state index >= 15 is 0 Å². The van der Waals surface area contributed by atoms with Gasteiger partial charge in [0.05, 0.1) is 12.6 Å². The molecule has 0 amide bonds. The van der Waals surface area contributed by atoms with Crippen molar-refractivity contribution in [2.75, 3.05) is 7.11 Å². The Morgan fingerprint density at radius 2 is 1.92 bits per heavy atom. The van der Waals surface area contributed by atoms with Crippen LogP contribution in [0.3, 0.4) is 0 Å². The predicted molar refractivity (Wildman–Crippen MR) is 98.3 cm³/mol. The standard InChI is InChI=1S/C21H20N2O/c1-12(2)14-8-13-4-5-15-11-22-21-19-10-16(24-3)6-7-17(19)18(9-14)20(13)23(15)21/h6-12H,4-5H2,1-3H3. The first kappa shape index (κ1) is 13.8. The Morgan fingerprint density at radius 3 is 2.71 bits per heavy atom. The number of nitrogens with zero attached hydrogens (tertiary/aromatic N) is 2. The molecular formula is C21H20N2O. The van der Waals surface area contributed by atoms with Crippen LogP contribution in [-0.4, -0.2) is 16.5 Å². The second-order valence-electron chi connectivity index (χ2n) is 7.05. The van der Waals surface area contributed by atoms with Gasteiger partial charge in [-0.15, -0.1) is 0 Å². The van der Waals surface area contributed by atoms with Crippen LogP contribution in [0.4, 0.5) is 0 Å². The zero-order valence-electron chi connectivity index (χ0n) is 14.3. The summed E-state index contributed by atoms with van der Waals surface area (Å²) in [6.45, 7) is 4.53. The first-order valence-corrected chi connectivity index (χ1v) is 8.60. The van der Waals surface area contributed by atoms with E-state index < -0.39 is 0 Å². The molecule has 0 bridgehead atoms. The van der Waals surface area contributed by atoms with E-state index in [0.717, 1.165) is 24.2 Å². The average molecular weight is 316 g/mol. The molecule has 2 aromatic heterocycles. The van der Waals surface area contributed by atoms with Crippen LogP contribution in [0.2, 0.25) is 0 Å². The summed E-state index contributed by atoms with van der Waals surface area (Å²) >= 11 is 0. The van der Waals surface area contributed by atoms with Gasteiger partial charge in [0.1, 0.15) is 11.4 Å². The number of rotatable bonds is 2. The first-order chi connectivity index (χ1) is 11.7. The molecular weight excluding hydrogens is 296 g/mol. The molecule has 1 aliphatic heterocycles. The van der Waals surface area contributed by atoms with Crippen molar-refractivity contribution in [3.05, 3.63) is 53.3 Å². The Kier molecular flexibility index (Phi) is 2.73. The van der Waals surface area contributed by atoms with Gasteiger partial charge in [-0.25, -0.2) is 4.98 Å². The van der Waals surface area contributed by atoms with Crippen molar-refractivity contribution in [3.8, 4) is 5.75 Å². The summed E-state index contributed by atoms with van der Waals surface area (Å²) in [4.78, 5) is 4.74. The Hall–Kier alpha value is -2.55. The van der Waals surface area contributed by atoms with Gasteiger partial charge in [0, 0.05) is 22.7 Å². The smallest absolute Gasteiger partial charge is 0.145 e. The third kappa shape index (κ3) is 1.70. The van der Waals surface area contributed by atoms with Crippen molar-refractivity contribution < 1.29 is 4.74 Å². The summed E-state index contributed by atoms with van der Waals surface area (Å²) in [5, 5.41) is 3.77. The zero-order chi connectivity index (χ0) is 16.4. The minimum absolute atomic E-state index is 0.527. The van der Waals surface area contributed by atoms with Gasteiger partial charge in [0.2, 0.25) is 0 Å². The van der Waals surface area contributed by atoms with Gasteiger partial charge in [-0.3, -0.25) is 4.40 Å². The number of imidazole rings is 1. The van der Waals surface area contributed by atoms with Crippen LogP contribution in [-0.2, 0) is 12.8 Å². The molecule has 120 valence electrons. The lowest BCUT2D eigenvalue weighted by molar-refractivity contribution is 0.415. The normalized spacial score (nSPS) is 13.7. The van der Waals surface area contributed by atoms with Gasteiger partial charge >= 0.3 is 0 Å². The molecule has 0 fully saturated rings. The monoisotopic (exact) mass is 316 g/mol. The molecule has 0 saturated carbocycles. The summed E-state index contributed by atoms with van der Waals surface area (Å²) in [6.07, 6.45) is 4.19. The first-order valence-electron chi connectivity index (χ1n) is 8.60. The zero-order valence-corrected chi connectivity index (χ0v) is 14.3. The van der Waals surface area contributed by atoms with E-state index in [0.29, 0.717) is 5.92 Å². The summed E-state index contributed by atoms with van der Waals surface area (Å²) in [5.74, 6) is 1.41. The minimum Gasteiger partial charge on any atom is -0.497 e. The van der Waals surface area contributed by atoms with Gasteiger partial charge in [-0.1, -0.05) is 19.9 Å². The maximum absolute atomic E-state index is 5.45.